The maximum atomic E-state index is 4.06. The van der Waals surface area contributed by atoms with Crippen LogP contribution in [0.2, 0.25) is 0 Å². The second-order valence-electron chi connectivity index (χ2n) is 13.6. The molecule has 0 radical (unpaired) electrons. The number of benzene rings is 6. The first-order valence-corrected chi connectivity index (χ1v) is 20.1. The average Bonchev–Trinajstić information content (AvgIpc) is 3.89. The van der Waals surface area contributed by atoms with E-state index in [4.69, 9.17) is 0 Å². The van der Waals surface area contributed by atoms with E-state index in [2.05, 4.69) is 155 Å². The van der Waals surface area contributed by atoms with E-state index < -0.39 is 0 Å². The molecule has 1 fully saturated rings. The first kappa shape index (κ1) is 30.0. The van der Waals surface area contributed by atoms with Crippen molar-refractivity contribution in [3.63, 3.8) is 0 Å². The molecular formula is C45H33N3S3. The molecule has 3 nitrogen and oxygen atoms in total. The Bertz CT molecular complexity index is 2820. The van der Waals surface area contributed by atoms with E-state index in [9.17, 15) is 0 Å². The smallest absolute Gasteiger partial charge is 0.0878 e. The van der Waals surface area contributed by atoms with Crippen molar-refractivity contribution in [2.24, 2.45) is 0 Å². The van der Waals surface area contributed by atoms with Gasteiger partial charge in [-0.15, -0.1) is 34.0 Å². The Hall–Kier alpha value is -4.66. The van der Waals surface area contributed by atoms with E-state index in [1.807, 2.05) is 34.0 Å². The van der Waals surface area contributed by atoms with Gasteiger partial charge in [0.25, 0.3) is 0 Å². The second-order valence-corrected chi connectivity index (χ2v) is 16.9. The number of allylic oxidation sites excluding steroid dienone is 1. The molecule has 51 heavy (non-hydrogen) atoms. The van der Waals surface area contributed by atoms with Crippen LogP contribution in [0.3, 0.4) is 0 Å². The predicted octanol–water partition coefficient (Wildman–Crippen LogP) is 12.1. The molecule has 3 aromatic heterocycles. The molecule has 0 spiro atoms. The predicted molar refractivity (Wildman–Crippen MR) is 221 cm³/mol. The standard InChI is InChI=1S/C45H33N3S3/c1-2-11-26(12-3-1)43-46-44(34-18-10-22-38-40(34)33-14-5-7-21-37(33)49-38)48-45(47-43)35-19-9-17-32-30-24-23-27(25-39(30)51-42(32)35)28-15-8-16-31-29-13-4-6-20-36(29)50-41(28)31/h1-9,11-21,23-25,43-48H,10,22H2. The highest BCUT2D eigenvalue weighted by atomic mass is 32.1. The summed E-state index contributed by atoms with van der Waals surface area (Å²) in [5, 5.41) is 18.7. The lowest BCUT2D eigenvalue weighted by molar-refractivity contribution is 0.235. The van der Waals surface area contributed by atoms with E-state index in [0.717, 1.165) is 12.8 Å². The molecule has 1 aliphatic heterocycles. The van der Waals surface area contributed by atoms with Gasteiger partial charge in [-0.25, -0.2) is 0 Å². The Kier molecular flexibility index (Phi) is 7.04. The minimum atomic E-state index is -0.0545. The minimum absolute atomic E-state index is 0.0170. The van der Waals surface area contributed by atoms with Crippen LogP contribution >= 0.6 is 34.0 Å². The molecule has 2 aliphatic rings. The van der Waals surface area contributed by atoms with Gasteiger partial charge >= 0.3 is 0 Å². The van der Waals surface area contributed by atoms with Crippen LogP contribution in [0.15, 0.2) is 140 Å². The van der Waals surface area contributed by atoms with Crippen molar-refractivity contribution in [1.82, 2.24) is 16.0 Å². The van der Waals surface area contributed by atoms with E-state index in [0.29, 0.717) is 0 Å². The fourth-order valence-electron chi connectivity index (χ4n) is 8.34. The van der Waals surface area contributed by atoms with E-state index in [1.165, 1.54) is 88.7 Å². The van der Waals surface area contributed by atoms with Crippen LogP contribution < -0.4 is 16.0 Å². The van der Waals surface area contributed by atoms with Gasteiger partial charge in [0.1, 0.15) is 0 Å². The van der Waals surface area contributed by atoms with Gasteiger partial charge in [-0.3, -0.25) is 16.0 Å². The van der Waals surface area contributed by atoms with Crippen molar-refractivity contribution < 1.29 is 0 Å². The van der Waals surface area contributed by atoms with Gasteiger partial charge in [0.15, 0.2) is 0 Å². The first-order chi connectivity index (χ1) is 25.3. The quantitative estimate of drug-likeness (QED) is 0.170. The minimum Gasteiger partial charge on any atom is -0.279 e. The third kappa shape index (κ3) is 4.86. The van der Waals surface area contributed by atoms with Crippen molar-refractivity contribution in [2.75, 3.05) is 0 Å². The molecule has 0 bridgehead atoms. The zero-order valence-corrected chi connectivity index (χ0v) is 30.1. The summed E-state index contributed by atoms with van der Waals surface area (Å²) in [6.45, 7) is 0. The normalized spacial score (nSPS) is 19.3. The third-order valence-electron chi connectivity index (χ3n) is 10.7. The summed E-state index contributed by atoms with van der Waals surface area (Å²) >= 11 is 5.77. The molecule has 1 saturated heterocycles. The molecule has 0 saturated carbocycles. The molecule has 3 N–H and O–H groups in total. The highest BCUT2D eigenvalue weighted by Gasteiger charge is 2.34. The molecule has 6 heteroatoms. The summed E-state index contributed by atoms with van der Waals surface area (Å²) in [6, 6.07) is 49.2. The highest BCUT2D eigenvalue weighted by molar-refractivity contribution is 7.26. The van der Waals surface area contributed by atoms with Crippen molar-refractivity contribution in [3.05, 3.63) is 161 Å². The Morgan fingerprint density at radius 3 is 2.04 bits per heavy atom. The maximum Gasteiger partial charge on any atom is 0.0878 e. The van der Waals surface area contributed by atoms with E-state index in [1.54, 1.807) is 0 Å². The topological polar surface area (TPSA) is 36.1 Å². The summed E-state index contributed by atoms with van der Waals surface area (Å²) in [5.41, 5.74) is 7.90. The van der Waals surface area contributed by atoms with Gasteiger partial charge in [-0.05, 0) is 53.3 Å². The van der Waals surface area contributed by atoms with Gasteiger partial charge in [0.2, 0.25) is 0 Å². The number of hydrogen-bond donors (Lipinski definition) is 3. The van der Waals surface area contributed by atoms with Crippen LogP contribution in [0.4, 0.5) is 0 Å². The van der Waals surface area contributed by atoms with Crippen molar-refractivity contribution >= 4 is 90.0 Å². The molecule has 6 aromatic carbocycles. The van der Waals surface area contributed by atoms with Crippen LogP contribution in [0.5, 0.6) is 0 Å². The molecule has 3 atom stereocenters. The van der Waals surface area contributed by atoms with Gasteiger partial charge in [0.05, 0.1) is 18.5 Å². The fourth-order valence-corrected chi connectivity index (χ4v) is 12.1. The van der Waals surface area contributed by atoms with Gasteiger partial charge in [-0.1, -0.05) is 121 Å². The summed E-state index contributed by atoms with van der Waals surface area (Å²) in [6.07, 6.45) is 4.55. The molecule has 4 heterocycles. The number of rotatable bonds is 4. The Morgan fingerprint density at radius 2 is 1.16 bits per heavy atom. The van der Waals surface area contributed by atoms with Gasteiger partial charge in [0, 0.05) is 66.4 Å². The Morgan fingerprint density at radius 1 is 0.490 bits per heavy atom. The van der Waals surface area contributed by atoms with Gasteiger partial charge in [-0.2, -0.15) is 0 Å². The molecule has 3 unspecified atom stereocenters. The fraction of sp³-hybridized carbons (Fsp3) is 0.111. The molecule has 1 aliphatic carbocycles. The first-order valence-electron chi connectivity index (χ1n) is 17.7. The monoisotopic (exact) mass is 711 g/mol. The number of nitrogens with one attached hydrogen (secondary N) is 3. The highest BCUT2D eigenvalue weighted by Crippen LogP contribution is 2.45. The van der Waals surface area contributed by atoms with Gasteiger partial charge < -0.3 is 0 Å². The summed E-state index contributed by atoms with van der Waals surface area (Å²) in [4.78, 5) is 1.50. The number of hydrogen-bond acceptors (Lipinski definition) is 6. The average molecular weight is 712 g/mol. The summed E-state index contributed by atoms with van der Waals surface area (Å²) < 4.78 is 6.73. The lowest BCUT2D eigenvalue weighted by atomic mass is 9.91. The number of fused-ring (bicyclic) bond motifs is 9. The van der Waals surface area contributed by atoms with Crippen LogP contribution in [0.25, 0.3) is 67.1 Å². The lowest BCUT2D eigenvalue weighted by Crippen LogP contribution is -2.59. The maximum absolute atomic E-state index is 4.06. The second kappa shape index (κ2) is 12.0. The molecule has 9 aromatic rings. The van der Waals surface area contributed by atoms with Crippen LogP contribution in [0, 0.1) is 0 Å². The summed E-state index contributed by atoms with van der Waals surface area (Å²) in [5.74, 6) is 0. The largest absolute Gasteiger partial charge is 0.279 e. The third-order valence-corrected chi connectivity index (χ3v) is 14.4. The Balaban J connectivity index is 1.02. The number of aryl methyl sites for hydroxylation is 1. The zero-order valence-electron chi connectivity index (χ0n) is 27.7. The SMILES string of the molecule is C1=C(C2NC(c3ccccc3)NC(c3cccc4c3sc3cc(-c5cccc6c5sc5ccccc56)ccc34)N2)c2c(sc3ccccc23)CC1. The van der Waals surface area contributed by atoms with Crippen molar-refractivity contribution in [3.8, 4) is 11.1 Å². The van der Waals surface area contributed by atoms with Crippen molar-refractivity contribution in [1.29, 1.82) is 0 Å². The lowest BCUT2D eigenvalue weighted by Gasteiger charge is -2.41. The molecule has 246 valence electrons. The molecular weight excluding hydrogens is 679 g/mol. The summed E-state index contributed by atoms with van der Waals surface area (Å²) in [7, 11) is 0. The van der Waals surface area contributed by atoms with Crippen LogP contribution in [-0.2, 0) is 6.42 Å². The van der Waals surface area contributed by atoms with Crippen molar-refractivity contribution in [2.45, 2.75) is 31.3 Å². The molecule has 0 amide bonds. The zero-order chi connectivity index (χ0) is 33.5. The van der Waals surface area contributed by atoms with E-state index in [-0.39, 0.29) is 18.5 Å². The number of thiophene rings is 3. The van der Waals surface area contributed by atoms with E-state index >= 15 is 0 Å². The van der Waals surface area contributed by atoms with Crippen LogP contribution in [-0.4, -0.2) is 6.17 Å². The molecule has 11 rings (SSSR count). The Labute approximate surface area is 307 Å². The van der Waals surface area contributed by atoms with Crippen LogP contribution in [0.1, 0.15) is 40.3 Å².